The van der Waals surface area contributed by atoms with Crippen molar-refractivity contribution in [2.75, 3.05) is 18.4 Å². The number of rotatable bonds is 5. The number of amides is 3. The highest BCUT2D eigenvalue weighted by atomic mass is 19.1. The van der Waals surface area contributed by atoms with Gasteiger partial charge in [-0.3, -0.25) is 10.1 Å². The Morgan fingerprint density at radius 3 is 2.73 bits per heavy atom. The van der Waals surface area contributed by atoms with Crippen LogP contribution in [-0.2, 0) is 7.05 Å². The third-order valence-corrected chi connectivity index (χ3v) is 7.27. The van der Waals surface area contributed by atoms with Gasteiger partial charge in [-0.2, -0.15) is 4.98 Å². The fourth-order valence-corrected chi connectivity index (χ4v) is 5.10. The molecule has 0 bridgehead atoms. The van der Waals surface area contributed by atoms with Crippen LogP contribution in [0, 0.1) is 5.82 Å². The third kappa shape index (κ3) is 4.87. The Kier molecular flexibility index (Phi) is 6.43. The number of nitrogens with one attached hydrogen (secondary N) is 2. The van der Waals surface area contributed by atoms with E-state index in [2.05, 4.69) is 20.7 Å². The summed E-state index contributed by atoms with van der Waals surface area (Å²) in [6, 6.07) is 15.1. The lowest BCUT2D eigenvalue weighted by Gasteiger charge is -2.14. The zero-order valence-corrected chi connectivity index (χ0v) is 22.0. The normalized spacial score (nSPS) is 16.0. The van der Waals surface area contributed by atoms with Gasteiger partial charge in [-0.05, 0) is 66.4 Å². The van der Waals surface area contributed by atoms with E-state index in [-0.39, 0.29) is 36.3 Å². The third-order valence-electron chi connectivity index (χ3n) is 7.27. The molecule has 1 saturated heterocycles. The molecule has 2 atom stereocenters. The maximum Gasteiger partial charge on any atom is 0.324 e. The van der Waals surface area contributed by atoms with Gasteiger partial charge in [-0.1, -0.05) is 18.2 Å². The molecule has 1 aliphatic heterocycles. The second kappa shape index (κ2) is 10.1. The van der Waals surface area contributed by atoms with Crippen molar-refractivity contribution in [3.05, 3.63) is 83.9 Å². The highest BCUT2D eigenvalue weighted by molar-refractivity contribution is 6.08. The highest BCUT2D eigenvalue weighted by Crippen LogP contribution is 2.29. The second-order valence-corrected chi connectivity index (χ2v) is 10.1. The van der Waals surface area contributed by atoms with Gasteiger partial charge in [0, 0.05) is 43.4 Å². The smallest absolute Gasteiger partial charge is 0.324 e. The molecule has 40 heavy (non-hydrogen) atoms. The first-order chi connectivity index (χ1) is 19.2. The Morgan fingerprint density at radius 2 is 1.95 bits per heavy atom. The number of aliphatic hydroxyl groups is 1. The molecule has 0 unspecified atom stereocenters. The van der Waals surface area contributed by atoms with Gasteiger partial charge in [-0.15, -0.1) is 5.10 Å². The van der Waals surface area contributed by atoms with Crippen LogP contribution in [0.1, 0.15) is 35.3 Å². The zero-order chi connectivity index (χ0) is 28.0. The predicted octanol–water partition coefficient (Wildman–Crippen LogP) is 4.12. The minimum Gasteiger partial charge on any atom is -0.391 e. The minimum atomic E-state index is -0.507. The van der Waals surface area contributed by atoms with Gasteiger partial charge in [0.25, 0.3) is 11.9 Å². The largest absolute Gasteiger partial charge is 0.391 e. The first-order valence-electron chi connectivity index (χ1n) is 13.0. The molecule has 1 aliphatic rings. The SMILES string of the molecule is C[C@H](NC(=O)c1cn(C)c2ccc(-c3ccn4nc(NC(=O)N5CC[C@H](O)C5)nc4c3)cc12)c1cccc(F)c1. The standard InChI is InChI=1S/C29H28FN7O3/c1-17(18-4-3-5-21(30)12-18)31-27(39)24-16-35(2)25-7-6-19(13-23(24)25)20-8-11-37-26(14-20)32-28(34-37)33-29(40)36-10-9-22(38)15-36/h3-8,11-14,16-17,22,38H,9-10,15H2,1-2H3,(H,31,39)(H,33,34,40)/t17-,22-/m0/s1. The van der Waals surface area contributed by atoms with Crippen molar-refractivity contribution in [3.63, 3.8) is 0 Å². The molecule has 6 rings (SSSR count). The molecule has 0 spiro atoms. The number of β-amino-alcohol motifs (C(OH)–C–C–N with tert-alkyl or cyclic N) is 1. The van der Waals surface area contributed by atoms with Crippen LogP contribution >= 0.6 is 0 Å². The average Bonchev–Trinajstić information content (AvgIpc) is 3.64. The van der Waals surface area contributed by atoms with E-state index >= 15 is 0 Å². The fraction of sp³-hybridized carbons (Fsp3) is 0.241. The molecular formula is C29H28FN7O3. The summed E-state index contributed by atoms with van der Waals surface area (Å²) in [5.74, 6) is -0.425. The zero-order valence-electron chi connectivity index (χ0n) is 22.0. The fourth-order valence-electron chi connectivity index (χ4n) is 5.10. The van der Waals surface area contributed by atoms with E-state index in [9.17, 15) is 19.1 Å². The number of pyridine rings is 1. The molecule has 0 radical (unpaired) electrons. The van der Waals surface area contributed by atoms with Crippen LogP contribution in [-0.4, -0.2) is 60.3 Å². The number of urea groups is 1. The Labute approximate surface area is 229 Å². The number of anilines is 1. The van der Waals surface area contributed by atoms with E-state index in [4.69, 9.17) is 0 Å². The molecule has 5 aromatic rings. The molecular weight excluding hydrogens is 513 g/mol. The Morgan fingerprint density at radius 1 is 1.12 bits per heavy atom. The minimum absolute atomic E-state index is 0.174. The summed E-state index contributed by atoms with van der Waals surface area (Å²) >= 11 is 0. The summed E-state index contributed by atoms with van der Waals surface area (Å²) in [6.07, 6.45) is 3.60. The quantitative estimate of drug-likeness (QED) is 0.310. The van der Waals surface area contributed by atoms with E-state index < -0.39 is 6.10 Å². The molecule has 3 N–H and O–H groups in total. The van der Waals surface area contributed by atoms with Gasteiger partial charge in [0.15, 0.2) is 5.65 Å². The molecule has 4 heterocycles. The first kappa shape index (κ1) is 25.5. The van der Waals surface area contributed by atoms with Crippen LogP contribution in [0.4, 0.5) is 15.1 Å². The van der Waals surface area contributed by atoms with Crippen LogP contribution < -0.4 is 10.6 Å². The van der Waals surface area contributed by atoms with Crippen molar-refractivity contribution in [2.45, 2.75) is 25.5 Å². The Hall–Kier alpha value is -4.77. The van der Waals surface area contributed by atoms with E-state index in [1.165, 1.54) is 17.0 Å². The molecule has 3 amide bonds. The summed E-state index contributed by atoms with van der Waals surface area (Å²) in [5, 5.41) is 20.5. The number of nitrogens with zero attached hydrogens (tertiary/aromatic N) is 5. The van der Waals surface area contributed by atoms with Gasteiger partial charge in [0.1, 0.15) is 5.82 Å². The summed E-state index contributed by atoms with van der Waals surface area (Å²) in [6.45, 7) is 2.59. The molecule has 204 valence electrons. The van der Waals surface area contributed by atoms with E-state index in [1.54, 1.807) is 29.0 Å². The van der Waals surface area contributed by atoms with Crippen LogP contribution in [0.2, 0.25) is 0 Å². The highest BCUT2D eigenvalue weighted by Gasteiger charge is 2.25. The number of halogens is 1. The number of hydrogen-bond donors (Lipinski definition) is 3. The van der Waals surface area contributed by atoms with E-state index in [0.717, 1.165) is 22.0 Å². The summed E-state index contributed by atoms with van der Waals surface area (Å²) in [7, 11) is 1.88. The summed E-state index contributed by atoms with van der Waals surface area (Å²) < 4.78 is 17.2. The summed E-state index contributed by atoms with van der Waals surface area (Å²) in [4.78, 5) is 31.7. The average molecular weight is 542 g/mol. The van der Waals surface area contributed by atoms with Crippen LogP contribution in [0.5, 0.6) is 0 Å². The van der Waals surface area contributed by atoms with Gasteiger partial charge in [0.2, 0.25) is 0 Å². The van der Waals surface area contributed by atoms with Crippen molar-refractivity contribution in [3.8, 4) is 11.1 Å². The van der Waals surface area contributed by atoms with Gasteiger partial charge in [0.05, 0.1) is 17.7 Å². The van der Waals surface area contributed by atoms with Gasteiger partial charge >= 0.3 is 6.03 Å². The Bertz CT molecular complexity index is 1760. The van der Waals surface area contributed by atoms with Gasteiger partial charge in [-0.25, -0.2) is 13.7 Å². The number of likely N-dealkylation sites (tertiary alicyclic amines) is 1. The van der Waals surface area contributed by atoms with Crippen LogP contribution in [0.25, 0.3) is 27.7 Å². The molecule has 2 aromatic carbocycles. The number of fused-ring (bicyclic) bond motifs is 2. The lowest BCUT2D eigenvalue weighted by atomic mass is 10.0. The second-order valence-electron chi connectivity index (χ2n) is 10.1. The lowest BCUT2D eigenvalue weighted by molar-refractivity contribution is 0.0941. The van der Waals surface area contributed by atoms with Crippen molar-refractivity contribution in [1.29, 1.82) is 0 Å². The number of carbonyl (C=O) groups is 2. The maximum atomic E-state index is 13.7. The van der Waals surface area contributed by atoms with Crippen LogP contribution in [0.3, 0.4) is 0 Å². The number of aliphatic hydroxyl groups excluding tert-OH is 1. The molecule has 10 nitrogen and oxygen atoms in total. The Balaban J connectivity index is 1.26. The topological polar surface area (TPSA) is 117 Å². The predicted molar refractivity (Wildman–Crippen MR) is 148 cm³/mol. The van der Waals surface area contributed by atoms with Crippen molar-refractivity contribution >= 4 is 34.4 Å². The summed E-state index contributed by atoms with van der Waals surface area (Å²) in [5.41, 5.74) is 4.39. The monoisotopic (exact) mass is 541 g/mol. The number of benzene rings is 2. The number of aromatic nitrogens is 4. The maximum absolute atomic E-state index is 13.7. The van der Waals surface area contributed by atoms with Gasteiger partial charge < -0.3 is 19.9 Å². The molecule has 1 fully saturated rings. The molecule has 0 saturated carbocycles. The van der Waals surface area contributed by atoms with Crippen molar-refractivity contribution in [2.24, 2.45) is 7.05 Å². The van der Waals surface area contributed by atoms with Crippen molar-refractivity contribution < 1.29 is 19.1 Å². The van der Waals surface area contributed by atoms with Crippen LogP contribution in [0.15, 0.2) is 67.0 Å². The van der Waals surface area contributed by atoms with Crippen molar-refractivity contribution in [1.82, 2.24) is 29.4 Å². The number of hydrogen-bond acceptors (Lipinski definition) is 5. The van der Waals surface area contributed by atoms with E-state index in [1.807, 2.05) is 48.9 Å². The first-order valence-corrected chi connectivity index (χ1v) is 13.0. The van der Waals surface area contributed by atoms with E-state index in [0.29, 0.717) is 29.7 Å². The number of carbonyl (C=O) groups excluding carboxylic acids is 2. The molecule has 3 aromatic heterocycles. The molecule has 11 heteroatoms. The number of aryl methyl sites for hydroxylation is 1. The lowest BCUT2D eigenvalue weighted by Crippen LogP contribution is -2.33. The molecule has 0 aliphatic carbocycles.